The number of hydrogen-bond acceptors (Lipinski definition) is 5. The van der Waals surface area contributed by atoms with Crippen LogP contribution < -0.4 is 16.0 Å². The van der Waals surface area contributed by atoms with E-state index in [4.69, 9.17) is 0 Å². The number of aryl methyl sites for hydroxylation is 1. The monoisotopic (exact) mass is 355 g/mol. The van der Waals surface area contributed by atoms with Gasteiger partial charge in [0, 0.05) is 51.5 Å². The number of nitrogens with one attached hydrogen (secondary N) is 3. The summed E-state index contributed by atoms with van der Waals surface area (Å²) in [6, 6.07) is 10.4. The maximum atomic E-state index is 12.2. The highest BCUT2D eigenvalue weighted by atomic mass is 16.1. The van der Waals surface area contributed by atoms with Gasteiger partial charge in [-0.2, -0.15) is 5.26 Å². The van der Waals surface area contributed by atoms with Crippen LogP contribution >= 0.6 is 0 Å². The Hall–Kier alpha value is -2.36. The number of nitrogens with zero attached hydrogens (tertiary/aromatic N) is 2. The largest absolute Gasteiger partial charge is 0.383 e. The van der Waals surface area contributed by atoms with E-state index in [1.165, 1.54) is 11.8 Å². The summed E-state index contributed by atoms with van der Waals surface area (Å²) in [5.41, 5.74) is 2.51. The van der Waals surface area contributed by atoms with Gasteiger partial charge in [-0.1, -0.05) is 31.2 Å². The van der Waals surface area contributed by atoms with Crippen molar-refractivity contribution in [2.45, 2.75) is 26.3 Å². The van der Waals surface area contributed by atoms with Gasteiger partial charge < -0.3 is 16.0 Å². The van der Waals surface area contributed by atoms with Crippen LogP contribution in [0.5, 0.6) is 0 Å². The Morgan fingerprint density at radius 2 is 2.04 bits per heavy atom. The lowest BCUT2D eigenvalue weighted by molar-refractivity contribution is -0.117. The van der Waals surface area contributed by atoms with E-state index < -0.39 is 0 Å². The van der Waals surface area contributed by atoms with Crippen LogP contribution in [0, 0.1) is 11.3 Å². The fraction of sp³-hybridized carbons (Fsp3) is 0.500. The Kier molecular flexibility index (Phi) is 8.13. The molecule has 3 N–H and O–H groups in total. The van der Waals surface area contributed by atoms with E-state index in [9.17, 15) is 10.1 Å². The molecule has 0 radical (unpaired) electrons. The van der Waals surface area contributed by atoms with Gasteiger partial charge in [-0.15, -0.1) is 0 Å². The Bertz CT molecular complexity index is 641. The van der Waals surface area contributed by atoms with Gasteiger partial charge >= 0.3 is 0 Å². The molecule has 1 atom stereocenters. The first-order valence-corrected chi connectivity index (χ1v) is 9.30. The molecule has 0 aromatic heterocycles. The number of hydrogen-bond donors (Lipinski definition) is 3. The molecule has 6 nitrogen and oxygen atoms in total. The third-order valence-electron chi connectivity index (χ3n) is 4.65. The Morgan fingerprint density at radius 3 is 2.65 bits per heavy atom. The normalized spacial score (nSPS) is 16.6. The zero-order chi connectivity index (χ0) is 18.8. The molecule has 140 valence electrons. The summed E-state index contributed by atoms with van der Waals surface area (Å²) in [5.74, 6) is -0.330. The first-order chi connectivity index (χ1) is 12.6. The molecule has 1 aromatic carbocycles. The van der Waals surface area contributed by atoms with Crippen LogP contribution in [-0.4, -0.2) is 50.1 Å². The molecule has 26 heavy (non-hydrogen) atoms. The van der Waals surface area contributed by atoms with Gasteiger partial charge in [-0.25, -0.2) is 0 Å². The second kappa shape index (κ2) is 10.6. The molecule has 1 unspecified atom stereocenters. The molecule has 0 aliphatic carbocycles. The average molecular weight is 355 g/mol. The molecule has 0 saturated carbocycles. The smallest absolute Gasteiger partial charge is 0.263 e. The molecule has 6 heteroatoms. The molecule has 1 amide bonds. The van der Waals surface area contributed by atoms with Crippen molar-refractivity contribution in [3.05, 3.63) is 47.2 Å². The zero-order valence-electron chi connectivity index (χ0n) is 15.7. The lowest BCUT2D eigenvalue weighted by Crippen LogP contribution is -2.46. The lowest BCUT2D eigenvalue weighted by atomic mass is 10.1. The maximum Gasteiger partial charge on any atom is 0.263 e. The van der Waals surface area contributed by atoms with Gasteiger partial charge in [0.1, 0.15) is 11.6 Å². The van der Waals surface area contributed by atoms with Crippen LogP contribution in [-0.2, 0) is 11.2 Å². The predicted octanol–water partition coefficient (Wildman–Crippen LogP) is 1.33. The van der Waals surface area contributed by atoms with Crippen molar-refractivity contribution in [2.75, 3.05) is 39.3 Å². The summed E-state index contributed by atoms with van der Waals surface area (Å²) < 4.78 is 0. The summed E-state index contributed by atoms with van der Waals surface area (Å²) in [5, 5.41) is 18.5. The Balaban J connectivity index is 1.81. The van der Waals surface area contributed by atoms with Crippen molar-refractivity contribution in [1.82, 2.24) is 20.9 Å². The minimum atomic E-state index is -0.330. The zero-order valence-corrected chi connectivity index (χ0v) is 15.7. The van der Waals surface area contributed by atoms with Crippen LogP contribution in [0.15, 0.2) is 36.0 Å². The van der Waals surface area contributed by atoms with Gasteiger partial charge in [-0.05, 0) is 24.5 Å². The number of carbonyl (C=O) groups excluding carboxylic acids is 1. The average Bonchev–Trinajstić information content (AvgIpc) is 2.69. The van der Waals surface area contributed by atoms with Crippen molar-refractivity contribution in [3.8, 4) is 6.07 Å². The summed E-state index contributed by atoms with van der Waals surface area (Å²) >= 11 is 0. The highest BCUT2D eigenvalue weighted by molar-refractivity contribution is 5.97. The second-order valence-corrected chi connectivity index (χ2v) is 6.50. The molecule has 1 heterocycles. The molecule has 1 aromatic rings. The maximum absolute atomic E-state index is 12.2. The first kappa shape index (κ1) is 20.0. The molecular weight excluding hydrogens is 326 g/mol. The lowest BCUT2D eigenvalue weighted by Gasteiger charge is -2.27. The molecule has 0 bridgehead atoms. The second-order valence-electron chi connectivity index (χ2n) is 6.50. The van der Waals surface area contributed by atoms with Crippen LogP contribution in [0.2, 0.25) is 0 Å². The molecule has 1 aliphatic rings. The van der Waals surface area contributed by atoms with Gasteiger partial charge in [0.25, 0.3) is 5.91 Å². The molecule has 2 rings (SSSR count). The van der Waals surface area contributed by atoms with Crippen molar-refractivity contribution in [2.24, 2.45) is 0 Å². The molecular formula is C20H29N5O. The van der Waals surface area contributed by atoms with Crippen LogP contribution in [0.3, 0.4) is 0 Å². The highest BCUT2D eigenvalue weighted by Crippen LogP contribution is 2.14. The highest BCUT2D eigenvalue weighted by Gasteiger charge is 2.12. The van der Waals surface area contributed by atoms with Crippen LogP contribution in [0.1, 0.15) is 31.0 Å². The van der Waals surface area contributed by atoms with Crippen molar-refractivity contribution in [1.29, 1.82) is 5.26 Å². The fourth-order valence-electron chi connectivity index (χ4n) is 2.85. The van der Waals surface area contributed by atoms with E-state index in [1.807, 2.05) is 13.0 Å². The minimum Gasteiger partial charge on any atom is -0.383 e. The van der Waals surface area contributed by atoms with Crippen molar-refractivity contribution >= 4 is 5.91 Å². The number of piperazine rings is 1. The van der Waals surface area contributed by atoms with E-state index in [2.05, 4.69) is 52.0 Å². The van der Waals surface area contributed by atoms with E-state index >= 15 is 0 Å². The SMILES string of the molecule is CCc1ccc(C(C)N/C=C(/C#N)C(=O)NCCN2CCNCC2)cc1. The number of amides is 1. The predicted molar refractivity (Wildman–Crippen MR) is 103 cm³/mol. The first-order valence-electron chi connectivity index (χ1n) is 9.30. The minimum absolute atomic E-state index is 0.0258. The fourth-order valence-corrected chi connectivity index (χ4v) is 2.85. The number of benzene rings is 1. The van der Waals surface area contributed by atoms with Crippen LogP contribution in [0.25, 0.3) is 0 Å². The standard InChI is InChI=1S/C20H29N5O/c1-3-17-4-6-18(7-5-17)16(2)24-15-19(14-21)20(26)23-10-13-25-11-8-22-9-12-25/h4-7,15-16,22,24H,3,8-13H2,1-2H3,(H,23,26)/b19-15-. The van der Waals surface area contributed by atoms with E-state index in [0.717, 1.165) is 44.7 Å². The van der Waals surface area contributed by atoms with E-state index in [-0.39, 0.29) is 17.5 Å². The number of carbonyl (C=O) groups is 1. The summed E-state index contributed by atoms with van der Waals surface area (Å²) in [6.07, 6.45) is 2.52. The van der Waals surface area contributed by atoms with Gasteiger partial charge in [0.2, 0.25) is 0 Å². The summed E-state index contributed by atoms with van der Waals surface area (Å²) in [7, 11) is 0. The molecule has 1 aliphatic heterocycles. The van der Waals surface area contributed by atoms with Crippen LogP contribution in [0.4, 0.5) is 0 Å². The number of nitriles is 1. The van der Waals surface area contributed by atoms with E-state index in [1.54, 1.807) is 0 Å². The molecule has 0 spiro atoms. The van der Waals surface area contributed by atoms with Crippen molar-refractivity contribution < 1.29 is 4.79 Å². The number of rotatable bonds is 8. The Morgan fingerprint density at radius 1 is 1.35 bits per heavy atom. The summed E-state index contributed by atoms with van der Waals surface area (Å²) in [4.78, 5) is 14.5. The van der Waals surface area contributed by atoms with Gasteiger partial charge in [0.15, 0.2) is 0 Å². The molecule has 1 saturated heterocycles. The third kappa shape index (κ3) is 6.17. The van der Waals surface area contributed by atoms with Gasteiger partial charge in [-0.3, -0.25) is 9.69 Å². The molecule has 1 fully saturated rings. The quantitative estimate of drug-likeness (QED) is 0.484. The summed E-state index contributed by atoms with van der Waals surface area (Å²) in [6.45, 7) is 9.44. The van der Waals surface area contributed by atoms with Gasteiger partial charge in [0.05, 0.1) is 0 Å². The topological polar surface area (TPSA) is 80.2 Å². The van der Waals surface area contributed by atoms with Crippen molar-refractivity contribution in [3.63, 3.8) is 0 Å². The van der Waals surface area contributed by atoms with E-state index in [0.29, 0.717) is 6.54 Å². The Labute approximate surface area is 156 Å². The third-order valence-corrected chi connectivity index (χ3v) is 4.65.